The lowest BCUT2D eigenvalue weighted by molar-refractivity contribution is -0.274. The van der Waals surface area contributed by atoms with Crippen molar-refractivity contribution in [1.29, 1.82) is 0 Å². The molecule has 2 N–H and O–H groups in total. The van der Waals surface area contributed by atoms with Crippen LogP contribution in [0, 0.1) is 6.92 Å². The molecule has 0 spiro atoms. The molecule has 1 aliphatic heterocycles. The van der Waals surface area contributed by atoms with Crippen LogP contribution in [0.4, 0.5) is 38.3 Å². The van der Waals surface area contributed by atoms with E-state index in [0.29, 0.717) is 11.3 Å². The summed E-state index contributed by atoms with van der Waals surface area (Å²) in [5.74, 6) is -4.26. The zero-order chi connectivity index (χ0) is 28.3. The molecule has 0 bridgehead atoms. The predicted octanol–water partition coefficient (Wildman–Crippen LogP) is 5.80. The second kappa shape index (κ2) is 11.0. The number of carbonyl (C=O) groups excluding carboxylic acids is 2. The lowest BCUT2D eigenvalue weighted by Crippen LogP contribution is -2.55. The van der Waals surface area contributed by atoms with E-state index in [1.54, 1.807) is 39.8 Å². The third-order valence-corrected chi connectivity index (χ3v) is 5.53. The van der Waals surface area contributed by atoms with E-state index in [2.05, 4.69) is 20.4 Å². The molecule has 1 aromatic heterocycles. The average Bonchev–Trinajstić information content (AvgIpc) is 2.76. The number of hydrogen-bond acceptors (Lipinski definition) is 6. The maximum absolute atomic E-state index is 14.3. The summed E-state index contributed by atoms with van der Waals surface area (Å²) in [6, 6.07) is 5.90. The van der Waals surface area contributed by atoms with E-state index in [1.165, 1.54) is 6.07 Å². The summed E-state index contributed by atoms with van der Waals surface area (Å²) in [6.07, 6.45) is -4.98. The van der Waals surface area contributed by atoms with Crippen LogP contribution in [0.3, 0.4) is 0 Å². The Morgan fingerprint density at radius 1 is 1.16 bits per heavy atom. The van der Waals surface area contributed by atoms with Gasteiger partial charge in [-0.3, -0.25) is 4.79 Å². The van der Waals surface area contributed by atoms with Gasteiger partial charge in [0.2, 0.25) is 0 Å². The number of halogens is 5. The number of anilines is 2. The van der Waals surface area contributed by atoms with Crippen molar-refractivity contribution in [2.45, 2.75) is 64.5 Å². The van der Waals surface area contributed by atoms with Gasteiger partial charge < -0.3 is 25.0 Å². The number of pyridine rings is 1. The van der Waals surface area contributed by atoms with E-state index in [0.717, 1.165) is 23.2 Å². The van der Waals surface area contributed by atoms with Gasteiger partial charge in [0.15, 0.2) is 0 Å². The van der Waals surface area contributed by atoms with E-state index in [1.807, 2.05) is 0 Å². The summed E-state index contributed by atoms with van der Waals surface area (Å²) in [5, 5.41) is 5.33. The minimum atomic E-state index is -4.88. The van der Waals surface area contributed by atoms with Crippen molar-refractivity contribution in [2.75, 3.05) is 18.4 Å². The summed E-state index contributed by atoms with van der Waals surface area (Å²) in [6.45, 7) is 5.77. The van der Waals surface area contributed by atoms with E-state index in [4.69, 9.17) is 4.74 Å². The third-order valence-electron chi connectivity index (χ3n) is 5.53. The van der Waals surface area contributed by atoms with Crippen LogP contribution in [0.1, 0.15) is 49.5 Å². The maximum Gasteiger partial charge on any atom is 0.573 e. The van der Waals surface area contributed by atoms with E-state index < -0.39 is 54.6 Å². The number of nitrogens with one attached hydrogen (secondary N) is 2. The van der Waals surface area contributed by atoms with Gasteiger partial charge in [-0.15, -0.1) is 13.2 Å². The minimum Gasteiger partial charge on any atom is -0.444 e. The molecule has 1 aliphatic rings. The van der Waals surface area contributed by atoms with Gasteiger partial charge >= 0.3 is 12.5 Å². The normalized spacial score (nSPS) is 17.5. The fourth-order valence-corrected chi connectivity index (χ4v) is 3.87. The third kappa shape index (κ3) is 8.45. The molecule has 38 heavy (non-hydrogen) atoms. The Bertz CT molecular complexity index is 1170. The quantitative estimate of drug-likeness (QED) is 0.447. The highest BCUT2D eigenvalue weighted by atomic mass is 19.4. The summed E-state index contributed by atoms with van der Waals surface area (Å²) < 4.78 is 75.3. The largest absolute Gasteiger partial charge is 0.573 e. The molecule has 13 heteroatoms. The molecule has 2 aromatic rings. The van der Waals surface area contributed by atoms with Gasteiger partial charge in [0.1, 0.15) is 17.2 Å². The molecular formula is C25H29F5N4O4. The van der Waals surface area contributed by atoms with Gasteiger partial charge in [-0.25, -0.2) is 18.6 Å². The smallest absolute Gasteiger partial charge is 0.444 e. The van der Waals surface area contributed by atoms with Crippen molar-refractivity contribution in [1.82, 2.24) is 15.2 Å². The van der Waals surface area contributed by atoms with Crippen molar-refractivity contribution in [2.24, 2.45) is 0 Å². The number of ether oxygens (including phenoxy) is 2. The number of benzene rings is 1. The fourth-order valence-electron chi connectivity index (χ4n) is 3.87. The number of alkyl carbamates (subject to hydrolysis) is 1. The Morgan fingerprint density at radius 2 is 1.87 bits per heavy atom. The van der Waals surface area contributed by atoms with Crippen molar-refractivity contribution in [3.05, 3.63) is 47.7 Å². The molecule has 1 aromatic carbocycles. The Hall–Kier alpha value is -3.64. The molecule has 2 amide bonds. The monoisotopic (exact) mass is 544 g/mol. The van der Waals surface area contributed by atoms with Crippen LogP contribution in [0.15, 0.2) is 36.5 Å². The fraction of sp³-hybridized carbons (Fsp3) is 0.480. The first-order valence-corrected chi connectivity index (χ1v) is 11.8. The van der Waals surface area contributed by atoms with Gasteiger partial charge in [0.25, 0.3) is 11.8 Å². The second-order valence-corrected chi connectivity index (χ2v) is 9.94. The SMILES string of the molecule is Cc1ccc(Nc2cc(OC(F)(F)F)ccn2)cc1C(=O)N1CC(F)(F)CC[C@@H]1CNC(=O)OC(C)(C)C. The molecule has 0 unspecified atom stereocenters. The topological polar surface area (TPSA) is 92.8 Å². The zero-order valence-corrected chi connectivity index (χ0v) is 21.3. The molecule has 1 atom stereocenters. The Balaban J connectivity index is 1.80. The van der Waals surface area contributed by atoms with Gasteiger partial charge in [0.05, 0.1) is 6.54 Å². The number of hydrogen-bond donors (Lipinski definition) is 2. The summed E-state index contributed by atoms with van der Waals surface area (Å²) >= 11 is 0. The predicted molar refractivity (Wildman–Crippen MR) is 129 cm³/mol. The minimum absolute atomic E-state index is 0.0120. The number of carbonyl (C=O) groups is 2. The first kappa shape index (κ1) is 28.9. The van der Waals surface area contributed by atoms with Crippen LogP contribution in [0.5, 0.6) is 5.75 Å². The molecule has 0 radical (unpaired) electrons. The molecular weight excluding hydrogens is 515 g/mol. The first-order chi connectivity index (χ1) is 17.5. The number of piperidine rings is 1. The van der Waals surface area contributed by atoms with Crippen LogP contribution >= 0.6 is 0 Å². The molecule has 8 nitrogen and oxygen atoms in total. The molecule has 3 rings (SSSR count). The highest BCUT2D eigenvalue weighted by Gasteiger charge is 2.42. The number of rotatable bonds is 6. The van der Waals surface area contributed by atoms with Crippen LogP contribution < -0.4 is 15.4 Å². The van der Waals surface area contributed by atoms with Crippen molar-refractivity contribution in [3.8, 4) is 5.75 Å². The molecule has 2 heterocycles. The van der Waals surface area contributed by atoms with Crippen molar-refractivity contribution >= 4 is 23.5 Å². The number of aryl methyl sites for hydroxylation is 1. The molecule has 0 saturated carbocycles. The van der Waals surface area contributed by atoms with Gasteiger partial charge in [0, 0.05) is 42.5 Å². The Labute approximate surface area is 216 Å². The van der Waals surface area contributed by atoms with Crippen LogP contribution in [-0.4, -0.2) is 58.9 Å². The number of amides is 2. The summed E-state index contributed by atoms with van der Waals surface area (Å²) in [5.41, 5.74) is 0.146. The highest BCUT2D eigenvalue weighted by molar-refractivity contribution is 5.97. The average molecular weight is 545 g/mol. The van der Waals surface area contributed by atoms with Crippen molar-refractivity contribution in [3.63, 3.8) is 0 Å². The van der Waals surface area contributed by atoms with Crippen LogP contribution in [0.25, 0.3) is 0 Å². The van der Waals surface area contributed by atoms with Crippen molar-refractivity contribution < 1.29 is 41.0 Å². The van der Waals surface area contributed by atoms with Crippen LogP contribution in [-0.2, 0) is 4.74 Å². The number of likely N-dealkylation sites (tertiary alicyclic amines) is 1. The second-order valence-electron chi connectivity index (χ2n) is 9.94. The number of nitrogens with zero attached hydrogens (tertiary/aromatic N) is 2. The van der Waals surface area contributed by atoms with Crippen LogP contribution in [0.2, 0.25) is 0 Å². The Kier molecular flexibility index (Phi) is 8.37. The summed E-state index contributed by atoms with van der Waals surface area (Å²) in [4.78, 5) is 30.5. The Morgan fingerprint density at radius 3 is 2.53 bits per heavy atom. The molecule has 1 fully saturated rings. The van der Waals surface area contributed by atoms with Gasteiger partial charge in [-0.2, -0.15) is 0 Å². The maximum atomic E-state index is 14.3. The summed E-state index contributed by atoms with van der Waals surface area (Å²) in [7, 11) is 0. The van der Waals surface area contributed by atoms with E-state index in [-0.39, 0.29) is 24.3 Å². The van der Waals surface area contributed by atoms with Gasteiger partial charge in [-0.05, 0) is 57.9 Å². The standard InChI is InChI=1S/C25H29F5N4O4/c1-15-5-6-16(33-20-12-18(8-10-31-20)37-25(28,29)30)11-19(15)21(35)34-14-24(26,27)9-7-17(34)13-32-22(36)38-23(2,3)4/h5-6,8,10-12,17H,7,9,13-14H2,1-4H3,(H,31,33)(H,32,36)/t17-/m1/s1. The highest BCUT2D eigenvalue weighted by Crippen LogP contribution is 2.32. The van der Waals surface area contributed by atoms with E-state index >= 15 is 0 Å². The number of aromatic nitrogens is 1. The lowest BCUT2D eigenvalue weighted by Gasteiger charge is -2.40. The number of alkyl halides is 5. The molecule has 208 valence electrons. The molecule has 0 aliphatic carbocycles. The lowest BCUT2D eigenvalue weighted by atomic mass is 9.96. The zero-order valence-electron chi connectivity index (χ0n) is 21.3. The molecule has 1 saturated heterocycles. The van der Waals surface area contributed by atoms with Gasteiger partial charge in [-0.1, -0.05) is 6.07 Å². The van der Waals surface area contributed by atoms with E-state index in [9.17, 15) is 31.5 Å². The first-order valence-electron chi connectivity index (χ1n) is 11.8.